The average molecular weight is 431 g/mol. The Morgan fingerprint density at radius 3 is 2.62 bits per heavy atom. The lowest BCUT2D eigenvalue weighted by Crippen LogP contribution is -2.05. The molecule has 6 heteroatoms. The highest BCUT2D eigenvalue weighted by Gasteiger charge is 2.16. The topological polar surface area (TPSA) is 94.9 Å². The highest BCUT2D eigenvalue weighted by molar-refractivity contribution is 5.91. The number of carboxylic acid groups (broad SMARTS) is 1. The molecule has 0 saturated heterocycles. The number of furan rings is 1. The van der Waals surface area contributed by atoms with Gasteiger partial charge in [-0.2, -0.15) is 0 Å². The van der Waals surface area contributed by atoms with Crippen LogP contribution in [0.25, 0.3) is 22.1 Å². The Kier molecular flexibility index (Phi) is 6.14. The number of carboxylic acids is 1. The molecule has 1 heterocycles. The maximum absolute atomic E-state index is 11.2. The summed E-state index contributed by atoms with van der Waals surface area (Å²) in [4.78, 5) is 11.2. The molecule has 32 heavy (non-hydrogen) atoms. The Balaban J connectivity index is 1.71. The number of nitrogens with two attached hydrogens (primary N) is 1. The van der Waals surface area contributed by atoms with Crippen LogP contribution in [-0.2, 0) is 24.4 Å². The number of hydrogen-bond donors (Lipinski definition) is 2. The molecule has 0 aliphatic carbocycles. The molecule has 6 nitrogen and oxygen atoms in total. The number of aryl methyl sites for hydroxylation is 1. The van der Waals surface area contributed by atoms with Crippen molar-refractivity contribution in [2.45, 2.75) is 26.5 Å². The van der Waals surface area contributed by atoms with Crippen LogP contribution in [0.3, 0.4) is 0 Å². The van der Waals surface area contributed by atoms with E-state index in [9.17, 15) is 9.90 Å². The Morgan fingerprint density at radius 1 is 1.06 bits per heavy atom. The van der Waals surface area contributed by atoms with Crippen molar-refractivity contribution in [2.75, 3.05) is 7.11 Å². The first-order valence-corrected chi connectivity index (χ1v) is 10.3. The zero-order chi connectivity index (χ0) is 22.7. The van der Waals surface area contributed by atoms with Crippen molar-refractivity contribution in [3.05, 3.63) is 83.1 Å². The van der Waals surface area contributed by atoms with Crippen molar-refractivity contribution in [1.29, 1.82) is 0 Å². The van der Waals surface area contributed by atoms with E-state index >= 15 is 0 Å². The van der Waals surface area contributed by atoms with E-state index in [1.165, 1.54) is 0 Å². The standard InChI is InChI=1S/C26H25NO5/c1-16-5-3-8-19(12-24(28)29)25(16)31-14-21-15-32-26-22(21)10-20(11-23(26)30-2)18-7-4-6-17(9-18)13-27/h3-11,15H,12-14,27H2,1-2H3,(H,28,29). The van der Waals surface area contributed by atoms with Crippen molar-refractivity contribution < 1.29 is 23.8 Å². The van der Waals surface area contributed by atoms with E-state index in [4.69, 9.17) is 19.6 Å². The summed E-state index contributed by atoms with van der Waals surface area (Å²) in [6.07, 6.45) is 1.56. The predicted octanol–water partition coefficient (Wildman–Crippen LogP) is 5.08. The molecular weight excluding hydrogens is 406 g/mol. The first-order valence-electron chi connectivity index (χ1n) is 10.3. The van der Waals surface area contributed by atoms with Gasteiger partial charge in [-0.15, -0.1) is 0 Å². The third-order valence-electron chi connectivity index (χ3n) is 5.44. The molecule has 0 fully saturated rings. The summed E-state index contributed by atoms with van der Waals surface area (Å²) in [5.41, 5.74) is 11.9. The fraction of sp³-hybridized carbons (Fsp3) is 0.192. The number of carbonyl (C=O) groups is 1. The molecule has 0 bridgehead atoms. The van der Waals surface area contributed by atoms with Crippen LogP contribution in [0.15, 0.2) is 65.3 Å². The molecular formula is C26H25NO5. The molecule has 3 aromatic carbocycles. The van der Waals surface area contributed by atoms with E-state index in [0.717, 1.165) is 33.2 Å². The molecule has 4 rings (SSSR count). The quantitative estimate of drug-likeness (QED) is 0.404. The summed E-state index contributed by atoms with van der Waals surface area (Å²) >= 11 is 0. The summed E-state index contributed by atoms with van der Waals surface area (Å²) in [6.45, 7) is 2.60. The van der Waals surface area contributed by atoms with Crippen LogP contribution in [0.1, 0.15) is 22.3 Å². The van der Waals surface area contributed by atoms with Gasteiger partial charge < -0.3 is 24.7 Å². The van der Waals surface area contributed by atoms with Crippen molar-refractivity contribution in [1.82, 2.24) is 0 Å². The van der Waals surface area contributed by atoms with Gasteiger partial charge in [-0.05, 0) is 47.4 Å². The molecule has 4 aromatic rings. The third kappa shape index (κ3) is 4.31. The van der Waals surface area contributed by atoms with Gasteiger partial charge in [0, 0.05) is 23.1 Å². The van der Waals surface area contributed by atoms with E-state index in [0.29, 0.717) is 29.2 Å². The number of ether oxygens (including phenoxy) is 2. The first-order chi connectivity index (χ1) is 15.5. The second-order valence-corrected chi connectivity index (χ2v) is 7.64. The third-order valence-corrected chi connectivity index (χ3v) is 5.44. The van der Waals surface area contributed by atoms with Gasteiger partial charge >= 0.3 is 5.97 Å². The number of methoxy groups -OCH3 is 1. The molecule has 0 radical (unpaired) electrons. The number of hydrogen-bond acceptors (Lipinski definition) is 5. The highest BCUT2D eigenvalue weighted by atomic mass is 16.5. The second kappa shape index (κ2) is 9.16. The lowest BCUT2D eigenvalue weighted by atomic mass is 10.00. The van der Waals surface area contributed by atoms with E-state index in [1.54, 1.807) is 19.4 Å². The van der Waals surface area contributed by atoms with Crippen molar-refractivity contribution in [3.63, 3.8) is 0 Å². The lowest BCUT2D eigenvalue weighted by molar-refractivity contribution is -0.136. The summed E-state index contributed by atoms with van der Waals surface area (Å²) in [7, 11) is 1.61. The largest absolute Gasteiger partial charge is 0.493 e. The lowest BCUT2D eigenvalue weighted by Gasteiger charge is -2.13. The van der Waals surface area contributed by atoms with Gasteiger partial charge in [0.15, 0.2) is 11.3 Å². The fourth-order valence-electron chi connectivity index (χ4n) is 3.84. The number of para-hydroxylation sites is 1. The van der Waals surface area contributed by atoms with Gasteiger partial charge in [-0.3, -0.25) is 4.79 Å². The number of benzene rings is 3. The summed E-state index contributed by atoms with van der Waals surface area (Å²) in [5, 5.41) is 10.1. The molecule has 0 spiro atoms. The second-order valence-electron chi connectivity index (χ2n) is 7.64. The minimum atomic E-state index is -0.900. The SMILES string of the molecule is COc1cc(-c2cccc(CN)c2)cc2c(COc3c(C)cccc3CC(=O)O)coc12. The normalized spacial score (nSPS) is 11.0. The summed E-state index contributed by atoms with van der Waals surface area (Å²) in [6, 6.07) is 17.6. The maximum atomic E-state index is 11.2. The van der Waals surface area contributed by atoms with E-state index in [1.807, 2.05) is 49.4 Å². The van der Waals surface area contributed by atoms with E-state index < -0.39 is 5.97 Å². The minimum Gasteiger partial charge on any atom is -0.493 e. The molecule has 0 unspecified atom stereocenters. The molecule has 0 saturated carbocycles. The monoisotopic (exact) mass is 431 g/mol. The predicted molar refractivity (Wildman–Crippen MR) is 123 cm³/mol. The van der Waals surface area contributed by atoms with E-state index in [-0.39, 0.29) is 13.0 Å². The smallest absolute Gasteiger partial charge is 0.307 e. The minimum absolute atomic E-state index is 0.0986. The van der Waals surface area contributed by atoms with Gasteiger partial charge in [0.2, 0.25) is 0 Å². The van der Waals surface area contributed by atoms with Gasteiger partial charge in [-0.1, -0.05) is 36.4 Å². The first kappa shape index (κ1) is 21.5. The number of rotatable bonds is 8. The van der Waals surface area contributed by atoms with Crippen molar-refractivity contribution in [3.8, 4) is 22.6 Å². The van der Waals surface area contributed by atoms with Crippen LogP contribution >= 0.6 is 0 Å². The van der Waals surface area contributed by atoms with Crippen molar-refractivity contribution in [2.24, 2.45) is 5.73 Å². The summed E-state index contributed by atoms with van der Waals surface area (Å²) in [5.74, 6) is 0.315. The van der Waals surface area contributed by atoms with E-state index in [2.05, 4.69) is 6.07 Å². The summed E-state index contributed by atoms with van der Waals surface area (Å²) < 4.78 is 17.5. The Labute approximate surface area is 186 Å². The average Bonchev–Trinajstić information content (AvgIpc) is 3.20. The molecule has 0 aliphatic rings. The molecule has 0 atom stereocenters. The Morgan fingerprint density at radius 2 is 1.88 bits per heavy atom. The van der Waals surface area contributed by atoms with Gasteiger partial charge in [0.25, 0.3) is 0 Å². The van der Waals surface area contributed by atoms with Crippen LogP contribution in [0.5, 0.6) is 11.5 Å². The van der Waals surface area contributed by atoms with Crippen LogP contribution < -0.4 is 15.2 Å². The fourth-order valence-corrected chi connectivity index (χ4v) is 3.84. The Hall–Kier alpha value is -3.77. The zero-order valence-electron chi connectivity index (χ0n) is 18.1. The zero-order valence-corrected chi connectivity index (χ0v) is 18.1. The Bertz CT molecular complexity index is 1270. The van der Waals surface area contributed by atoms with Crippen LogP contribution in [0.2, 0.25) is 0 Å². The molecule has 1 aromatic heterocycles. The number of aliphatic carboxylic acids is 1. The van der Waals surface area contributed by atoms with Gasteiger partial charge in [0.1, 0.15) is 12.4 Å². The van der Waals surface area contributed by atoms with Crippen LogP contribution in [-0.4, -0.2) is 18.2 Å². The molecule has 164 valence electrons. The maximum Gasteiger partial charge on any atom is 0.307 e. The van der Waals surface area contributed by atoms with Crippen molar-refractivity contribution >= 4 is 16.9 Å². The molecule has 3 N–H and O–H groups in total. The number of fused-ring (bicyclic) bond motifs is 1. The van der Waals surface area contributed by atoms with Gasteiger partial charge in [-0.25, -0.2) is 0 Å². The highest BCUT2D eigenvalue weighted by Crippen LogP contribution is 2.36. The van der Waals surface area contributed by atoms with Gasteiger partial charge in [0.05, 0.1) is 19.8 Å². The molecule has 0 aliphatic heterocycles. The molecule has 0 amide bonds. The van der Waals surface area contributed by atoms with Crippen LogP contribution in [0, 0.1) is 6.92 Å². The van der Waals surface area contributed by atoms with Crippen LogP contribution in [0.4, 0.5) is 0 Å².